The topological polar surface area (TPSA) is 39.7 Å². The van der Waals surface area contributed by atoms with Gasteiger partial charge in [0, 0.05) is 20.1 Å². The predicted octanol–water partition coefficient (Wildman–Crippen LogP) is 3.46. The highest BCUT2D eigenvalue weighted by atomic mass is 127. The largest absolute Gasteiger partial charge is 0.355 e. The van der Waals surface area contributed by atoms with E-state index < -0.39 is 0 Å². The van der Waals surface area contributed by atoms with Gasteiger partial charge in [-0.1, -0.05) is 18.6 Å². The SMILES string of the molecule is CN=C(NCCN1CCCCC1)NC(C)c1ccc(C)c(F)c1.I. The maximum absolute atomic E-state index is 13.7. The smallest absolute Gasteiger partial charge is 0.191 e. The Kier molecular flexibility index (Phi) is 9.58. The Morgan fingerprint density at radius 2 is 2.00 bits per heavy atom. The highest BCUT2D eigenvalue weighted by Crippen LogP contribution is 2.16. The van der Waals surface area contributed by atoms with Crippen molar-refractivity contribution in [1.29, 1.82) is 0 Å². The summed E-state index contributed by atoms with van der Waals surface area (Å²) in [5, 5.41) is 6.67. The van der Waals surface area contributed by atoms with E-state index in [1.807, 2.05) is 19.1 Å². The molecule has 1 heterocycles. The van der Waals surface area contributed by atoms with Crippen molar-refractivity contribution >= 4 is 29.9 Å². The maximum atomic E-state index is 13.7. The third-order valence-corrected chi connectivity index (χ3v) is 4.44. The van der Waals surface area contributed by atoms with Crippen LogP contribution in [0.1, 0.15) is 43.4 Å². The van der Waals surface area contributed by atoms with Crippen molar-refractivity contribution in [1.82, 2.24) is 15.5 Å². The minimum Gasteiger partial charge on any atom is -0.355 e. The van der Waals surface area contributed by atoms with Crippen molar-refractivity contribution in [3.8, 4) is 0 Å². The maximum Gasteiger partial charge on any atom is 0.191 e. The molecule has 136 valence electrons. The number of nitrogens with one attached hydrogen (secondary N) is 2. The van der Waals surface area contributed by atoms with Crippen LogP contribution in [0.5, 0.6) is 0 Å². The van der Waals surface area contributed by atoms with Crippen LogP contribution in [0.3, 0.4) is 0 Å². The number of likely N-dealkylation sites (tertiary alicyclic amines) is 1. The normalized spacial score (nSPS) is 17.1. The number of nitrogens with zero attached hydrogens (tertiary/aromatic N) is 2. The molecule has 1 atom stereocenters. The van der Waals surface area contributed by atoms with Crippen molar-refractivity contribution in [3.63, 3.8) is 0 Å². The van der Waals surface area contributed by atoms with Crippen LogP contribution in [-0.4, -0.2) is 44.1 Å². The highest BCUT2D eigenvalue weighted by Gasteiger charge is 2.11. The molecule has 0 radical (unpaired) electrons. The van der Waals surface area contributed by atoms with Gasteiger partial charge in [0.25, 0.3) is 0 Å². The average molecular weight is 448 g/mol. The zero-order valence-corrected chi connectivity index (χ0v) is 17.3. The summed E-state index contributed by atoms with van der Waals surface area (Å²) in [5.74, 6) is 0.597. The molecule has 1 aliphatic rings. The van der Waals surface area contributed by atoms with Crippen molar-refractivity contribution in [2.75, 3.05) is 33.2 Å². The van der Waals surface area contributed by atoms with Gasteiger partial charge in [-0.2, -0.15) is 0 Å². The molecule has 6 heteroatoms. The zero-order valence-electron chi connectivity index (χ0n) is 14.9. The molecule has 0 aliphatic carbocycles. The summed E-state index contributed by atoms with van der Waals surface area (Å²) in [6.45, 7) is 8.10. The molecule has 2 rings (SSSR count). The first kappa shape index (κ1) is 21.2. The molecule has 0 amide bonds. The molecule has 1 aliphatic heterocycles. The Hall–Kier alpha value is -0.890. The van der Waals surface area contributed by atoms with Crippen LogP contribution in [0.2, 0.25) is 0 Å². The first-order chi connectivity index (χ1) is 11.1. The van der Waals surface area contributed by atoms with Crippen LogP contribution in [0, 0.1) is 12.7 Å². The van der Waals surface area contributed by atoms with Crippen molar-refractivity contribution in [3.05, 3.63) is 35.1 Å². The van der Waals surface area contributed by atoms with Crippen LogP contribution in [0.25, 0.3) is 0 Å². The summed E-state index contributed by atoms with van der Waals surface area (Å²) in [6, 6.07) is 5.37. The zero-order chi connectivity index (χ0) is 16.7. The number of hydrogen-bond acceptors (Lipinski definition) is 2. The number of aryl methyl sites for hydroxylation is 1. The summed E-state index contributed by atoms with van der Waals surface area (Å²) in [6.07, 6.45) is 3.98. The van der Waals surface area contributed by atoms with Gasteiger partial charge in [-0.3, -0.25) is 4.99 Å². The molecule has 0 saturated carbocycles. The van der Waals surface area contributed by atoms with Crippen LogP contribution < -0.4 is 10.6 Å². The molecule has 0 spiro atoms. The lowest BCUT2D eigenvalue weighted by Gasteiger charge is -2.27. The monoisotopic (exact) mass is 448 g/mol. The second-order valence-electron chi connectivity index (χ2n) is 6.28. The second-order valence-corrected chi connectivity index (χ2v) is 6.28. The van der Waals surface area contributed by atoms with E-state index in [4.69, 9.17) is 0 Å². The Bertz CT molecular complexity index is 530. The highest BCUT2D eigenvalue weighted by molar-refractivity contribution is 14.0. The molecular formula is C18H30FIN4. The predicted molar refractivity (Wildman–Crippen MR) is 110 cm³/mol. The van der Waals surface area contributed by atoms with Crippen LogP contribution in [0.4, 0.5) is 4.39 Å². The number of guanidine groups is 1. The Labute approximate surface area is 162 Å². The molecule has 4 nitrogen and oxygen atoms in total. The van der Waals surface area contributed by atoms with E-state index in [0.717, 1.165) is 24.6 Å². The molecule has 1 aromatic rings. The fraction of sp³-hybridized carbons (Fsp3) is 0.611. The summed E-state index contributed by atoms with van der Waals surface area (Å²) in [5.41, 5.74) is 1.59. The minimum atomic E-state index is -0.163. The summed E-state index contributed by atoms with van der Waals surface area (Å²) < 4.78 is 13.7. The van der Waals surface area contributed by atoms with Crippen molar-refractivity contribution in [2.45, 2.75) is 39.2 Å². The quantitative estimate of drug-likeness (QED) is 0.412. The third-order valence-electron chi connectivity index (χ3n) is 4.44. The van der Waals surface area contributed by atoms with Crippen LogP contribution in [-0.2, 0) is 0 Å². The lowest BCUT2D eigenvalue weighted by molar-refractivity contribution is 0.232. The number of piperidine rings is 1. The molecular weight excluding hydrogens is 418 g/mol. The second kappa shape index (κ2) is 10.9. The van der Waals surface area contributed by atoms with E-state index in [1.165, 1.54) is 32.4 Å². The van der Waals surface area contributed by atoms with Gasteiger partial charge in [0.1, 0.15) is 5.82 Å². The number of rotatable bonds is 5. The van der Waals surface area contributed by atoms with E-state index in [2.05, 4.69) is 20.5 Å². The van der Waals surface area contributed by atoms with Crippen LogP contribution >= 0.6 is 24.0 Å². The molecule has 0 aromatic heterocycles. The van der Waals surface area contributed by atoms with E-state index in [1.54, 1.807) is 20.0 Å². The number of benzene rings is 1. The molecule has 2 N–H and O–H groups in total. The van der Waals surface area contributed by atoms with Gasteiger partial charge >= 0.3 is 0 Å². The van der Waals surface area contributed by atoms with Gasteiger partial charge in [-0.05, 0) is 57.0 Å². The van der Waals surface area contributed by atoms with Gasteiger partial charge in [0.2, 0.25) is 0 Å². The lowest BCUT2D eigenvalue weighted by Crippen LogP contribution is -2.43. The van der Waals surface area contributed by atoms with E-state index in [0.29, 0.717) is 5.56 Å². The standard InChI is InChI=1S/C18H29FN4.HI/c1-14-7-8-16(13-17(14)19)15(2)22-18(20-3)21-9-12-23-10-5-4-6-11-23;/h7-8,13,15H,4-6,9-12H2,1-3H3,(H2,20,21,22);1H. The molecule has 1 aromatic carbocycles. The first-order valence-corrected chi connectivity index (χ1v) is 8.55. The van der Waals surface area contributed by atoms with Crippen molar-refractivity contribution < 1.29 is 4.39 Å². The van der Waals surface area contributed by atoms with E-state index in [9.17, 15) is 4.39 Å². The Morgan fingerprint density at radius 1 is 1.29 bits per heavy atom. The fourth-order valence-electron chi connectivity index (χ4n) is 2.88. The summed E-state index contributed by atoms with van der Waals surface area (Å²) in [7, 11) is 1.76. The molecule has 1 saturated heterocycles. The van der Waals surface area contributed by atoms with Crippen molar-refractivity contribution in [2.24, 2.45) is 4.99 Å². The molecule has 24 heavy (non-hydrogen) atoms. The number of aliphatic imine (C=N–C) groups is 1. The minimum absolute atomic E-state index is 0. The fourth-order valence-corrected chi connectivity index (χ4v) is 2.88. The Morgan fingerprint density at radius 3 is 2.62 bits per heavy atom. The van der Waals surface area contributed by atoms with Gasteiger partial charge < -0.3 is 15.5 Å². The average Bonchev–Trinajstić information content (AvgIpc) is 2.57. The van der Waals surface area contributed by atoms with Gasteiger partial charge in [0.15, 0.2) is 5.96 Å². The lowest BCUT2D eigenvalue weighted by atomic mass is 10.1. The Balaban J connectivity index is 0.00000288. The molecule has 0 bridgehead atoms. The van der Waals surface area contributed by atoms with E-state index in [-0.39, 0.29) is 35.8 Å². The van der Waals surface area contributed by atoms with Crippen LogP contribution in [0.15, 0.2) is 23.2 Å². The summed E-state index contributed by atoms with van der Waals surface area (Å²) >= 11 is 0. The molecule has 1 fully saturated rings. The third kappa shape index (κ3) is 6.55. The van der Waals surface area contributed by atoms with E-state index >= 15 is 0 Å². The summed E-state index contributed by atoms with van der Waals surface area (Å²) in [4.78, 5) is 6.75. The number of hydrogen-bond donors (Lipinski definition) is 2. The van der Waals surface area contributed by atoms with Gasteiger partial charge in [0.05, 0.1) is 6.04 Å². The van der Waals surface area contributed by atoms with Gasteiger partial charge in [-0.25, -0.2) is 4.39 Å². The molecule has 1 unspecified atom stereocenters. The van der Waals surface area contributed by atoms with Gasteiger partial charge in [-0.15, -0.1) is 24.0 Å². The first-order valence-electron chi connectivity index (χ1n) is 8.55. The number of halogens is 2.